The molecule has 1 heterocycles. The predicted octanol–water partition coefficient (Wildman–Crippen LogP) is 5.12. The molecule has 1 aliphatic rings. The number of aliphatic hydroxyl groups is 1. The van der Waals surface area contributed by atoms with E-state index >= 15 is 0 Å². The highest BCUT2D eigenvalue weighted by molar-refractivity contribution is 7.12. The number of thiophene rings is 1. The highest BCUT2D eigenvalue weighted by atomic mass is 35.5. The molecule has 1 fully saturated rings. The first-order valence-electron chi connectivity index (χ1n) is 9.02. The molecule has 0 aliphatic heterocycles. The fourth-order valence-corrected chi connectivity index (χ4v) is 5.13. The molecular weight excluding hydrogens is 405 g/mol. The second-order valence-electron chi connectivity index (χ2n) is 7.01. The molecule has 1 atom stereocenters. The van der Waals surface area contributed by atoms with Crippen molar-refractivity contribution in [3.05, 3.63) is 50.1 Å². The summed E-state index contributed by atoms with van der Waals surface area (Å²) in [4.78, 5) is 14.5. The van der Waals surface area contributed by atoms with Gasteiger partial charge in [-0.15, -0.1) is 11.3 Å². The first-order chi connectivity index (χ1) is 12.9. The minimum Gasteiger partial charge on any atom is -0.482 e. The summed E-state index contributed by atoms with van der Waals surface area (Å²) in [6.07, 6.45) is 3.91. The first kappa shape index (κ1) is 20.5. The summed E-state index contributed by atoms with van der Waals surface area (Å²) in [5.74, 6) is 0.256. The summed E-state index contributed by atoms with van der Waals surface area (Å²) < 4.78 is 5.51. The zero-order chi connectivity index (χ0) is 19.4. The lowest BCUT2D eigenvalue weighted by molar-refractivity contribution is -0.123. The average Bonchev–Trinajstić information content (AvgIpc) is 3.29. The second-order valence-corrected chi connectivity index (χ2v) is 8.96. The molecule has 27 heavy (non-hydrogen) atoms. The molecular formula is C20H23Cl2NO3S. The predicted molar refractivity (Wildman–Crippen MR) is 110 cm³/mol. The third-order valence-corrected chi connectivity index (χ3v) is 7.03. The lowest BCUT2D eigenvalue weighted by Gasteiger charge is -2.28. The normalized spacial score (nSPS) is 16.9. The maximum Gasteiger partial charge on any atom is 0.257 e. The number of carbonyl (C=O) groups is 1. The van der Waals surface area contributed by atoms with E-state index in [0.717, 1.165) is 30.6 Å². The Morgan fingerprint density at radius 3 is 2.67 bits per heavy atom. The molecule has 0 radical (unpaired) electrons. The van der Waals surface area contributed by atoms with E-state index in [9.17, 15) is 9.90 Å². The Kier molecular flexibility index (Phi) is 6.69. The number of benzene rings is 1. The van der Waals surface area contributed by atoms with Gasteiger partial charge < -0.3 is 15.2 Å². The first-order valence-corrected chi connectivity index (χ1v) is 10.6. The van der Waals surface area contributed by atoms with Crippen LogP contribution in [0.5, 0.6) is 5.75 Å². The van der Waals surface area contributed by atoms with Crippen LogP contribution in [0, 0.1) is 0 Å². The van der Waals surface area contributed by atoms with Crippen molar-refractivity contribution in [1.82, 2.24) is 5.32 Å². The van der Waals surface area contributed by atoms with Crippen molar-refractivity contribution in [2.24, 2.45) is 0 Å². The van der Waals surface area contributed by atoms with E-state index in [0.29, 0.717) is 22.3 Å². The average molecular weight is 428 g/mol. The maximum absolute atomic E-state index is 12.3. The number of amides is 1. The van der Waals surface area contributed by atoms with Crippen LogP contribution in [0.2, 0.25) is 10.0 Å². The molecule has 1 aromatic carbocycles. The standard InChI is InChI=1S/C20H23Cl2NO3S/c1-13(24)17-6-7-18(27-17)20(8-2-3-9-20)12-23-19(25)11-26-16-5-4-14(21)10-15(16)22/h4-7,10,13,24H,2-3,8-9,11-12H2,1H3,(H,23,25). The van der Waals surface area contributed by atoms with Gasteiger partial charge in [0.15, 0.2) is 6.61 Å². The summed E-state index contributed by atoms with van der Waals surface area (Å²) in [5.41, 5.74) is -0.0502. The molecule has 1 amide bonds. The zero-order valence-corrected chi connectivity index (χ0v) is 17.5. The van der Waals surface area contributed by atoms with E-state index in [4.69, 9.17) is 27.9 Å². The van der Waals surface area contributed by atoms with Crippen LogP contribution in [0.4, 0.5) is 0 Å². The number of halogens is 2. The molecule has 7 heteroatoms. The van der Waals surface area contributed by atoms with E-state index in [1.165, 1.54) is 4.88 Å². The van der Waals surface area contributed by atoms with E-state index < -0.39 is 6.10 Å². The van der Waals surface area contributed by atoms with Crippen LogP contribution in [0.3, 0.4) is 0 Å². The van der Waals surface area contributed by atoms with Crippen LogP contribution in [0.25, 0.3) is 0 Å². The molecule has 1 unspecified atom stereocenters. The van der Waals surface area contributed by atoms with Crippen molar-refractivity contribution in [3.8, 4) is 5.75 Å². The molecule has 4 nitrogen and oxygen atoms in total. The van der Waals surface area contributed by atoms with Crippen molar-refractivity contribution < 1.29 is 14.6 Å². The molecule has 2 N–H and O–H groups in total. The van der Waals surface area contributed by atoms with E-state index in [1.54, 1.807) is 36.5 Å². The fourth-order valence-electron chi connectivity index (χ4n) is 3.48. The van der Waals surface area contributed by atoms with Gasteiger partial charge in [-0.05, 0) is 50.1 Å². The molecule has 1 aromatic heterocycles. The highest BCUT2D eigenvalue weighted by Crippen LogP contribution is 2.44. The molecule has 1 aliphatic carbocycles. The van der Waals surface area contributed by atoms with Gasteiger partial charge in [0.1, 0.15) is 5.75 Å². The lowest BCUT2D eigenvalue weighted by atomic mass is 9.84. The Hall–Kier alpha value is -1.27. The van der Waals surface area contributed by atoms with Gasteiger partial charge in [0, 0.05) is 26.7 Å². The molecule has 0 saturated heterocycles. The molecule has 3 rings (SSSR count). The molecule has 1 saturated carbocycles. The zero-order valence-electron chi connectivity index (χ0n) is 15.1. The maximum atomic E-state index is 12.3. The minimum atomic E-state index is -0.464. The SMILES string of the molecule is CC(O)c1ccc(C2(CNC(=O)COc3ccc(Cl)cc3Cl)CCCC2)s1. The smallest absolute Gasteiger partial charge is 0.257 e. The third kappa shape index (κ3) is 4.96. The van der Waals surface area contributed by atoms with Crippen molar-refractivity contribution >= 4 is 40.4 Å². The van der Waals surface area contributed by atoms with Crippen LogP contribution in [-0.4, -0.2) is 24.2 Å². The van der Waals surface area contributed by atoms with Gasteiger partial charge in [-0.3, -0.25) is 4.79 Å². The number of ether oxygens (including phenoxy) is 1. The number of aliphatic hydroxyl groups excluding tert-OH is 1. The Morgan fingerprint density at radius 1 is 1.30 bits per heavy atom. The third-order valence-electron chi connectivity index (χ3n) is 5.00. The van der Waals surface area contributed by atoms with Gasteiger partial charge in [-0.1, -0.05) is 36.0 Å². The molecule has 0 spiro atoms. The van der Waals surface area contributed by atoms with Gasteiger partial charge in [0.05, 0.1) is 11.1 Å². The van der Waals surface area contributed by atoms with Gasteiger partial charge in [0.25, 0.3) is 5.91 Å². The largest absolute Gasteiger partial charge is 0.482 e. The van der Waals surface area contributed by atoms with Gasteiger partial charge >= 0.3 is 0 Å². The summed E-state index contributed by atoms with van der Waals surface area (Å²) in [6.45, 7) is 2.25. The van der Waals surface area contributed by atoms with Crippen LogP contribution >= 0.6 is 34.5 Å². The summed E-state index contributed by atoms with van der Waals surface area (Å²) in [5, 5.41) is 13.7. The second kappa shape index (κ2) is 8.82. The topological polar surface area (TPSA) is 58.6 Å². The number of hydrogen-bond acceptors (Lipinski definition) is 4. The quantitative estimate of drug-likeness (QED) is 0.644. The van der Waals surface area contributed by atoms with Crippen molar-refractivity contribution in [2.45, 2.75) is 44.1 Å². The summed E-state index contributed by atoms with van der Waals surface area (Å²) in [7, 11) is 0. The Labute approximate surface area is 173 Å². The number of carbonyl (C=O) groups excluding carboxylic acids is 1. The summed E-state index contributed by atoms with van der Waals surface area (Å²) >= 11 is 13.6. The highest BCUT2D eigenvalue weighted by Gasteiger charge is 2.37. The Balaban J connectivity index is 1.59. The van der Waals surface area contributed by atoms with Gasteiger partial charge in [-0.25, -0.2) is 0 Å². The van der Waals surface area contributed by atoms with Crippen LogP contribution in [-0.2, 0) is 10.2 Å². The fraction of sp³-hybridized carbons (Fsp3) is 0.450. The molecule has 146 valence electrons. The molecule has 0 bridgehead atoms. The number of hydrogen-bond donors (Lipinski definition) is 2. The van der Waals surface area contributed by atoms with Gasteiger partial charge in [-0.2, -0.15) is 0 Å². The van der Waals surface area contributed by atoms with Crippen molar-refractivity contribution in [2.75, 3.05) is 13.2 Å². The number of rotatable bonds is 7. The monoisotopic (exact) mass is 427 g/mol. The molecule has 2 aromatic rings. The van der Waals surface area contributed by atoms with Crippen LogP contribution in [0.15, 0.2) is 30.3 Å². The lowest BCUT2D eigenvalue weighted by Crippen LogP contribution is -2.40. The Morgan fingerprint density at radius 2 is 2.04 bits per heavy atom. The van der Waals surface area contributed by atoms with Gasteiger partial charge in [0.2, 0.25) is 0 Å². The Bertz CT molecular complexity index is 800. The van der Waals surface area contributed by atoms with Crippen LogP contribution < -0.4 is 10.1 Å². The summed E-state index contributed by atoms with van der Waals surface area (Å²) in [6, 6.07) is 8.98. The van der Waals surface area contributed by atoms with E-state index in [1.807, 2.05) is 6.07 Å². The van der Waals surface area contributed by atoms with E-state index in [2.05, 4.69) is 11.4 Å². The van der Waals surface area contributed by atoms with E-state index in [-0.39, 0.29) is 17.9 Å². The minimum absolute atomic E-state index is 0.0502. The number of nitrogens with one attached hydrogen (secondary N) is 1. The van der Waals surface area contributed by atoms with Crippen molar-refractivity contribution in [3.63, 3.8) is 0 Å². The van der Waals surface area contributed by atoms with Crippen molar-refractivity contribution in [1.29, 1.82) is 0 Å². The van der Waals surface area contributed by atoms with Crippen LogP contribution in [0.1, 0.15) is 48.5 Å².